The van der Waals surface area contributed by atoms with Crippen molar-refractivity contribution in [3.05, 3.63) is 11.6 Å². The summed E-state index contributed by atoms with van der Waals surface area (Å²) in [6.45, 7) is 2.25. The standard InChI is InChI=1S/C10H14O6/c1-10(15-4-5-16-10)7(9(12)14-3)6-8(11)13-2/h6H,4-5H2,1-3H3/b7-6+. The molecular formula is C10H14O6. The van der Waals surface area contributed by atoms with E-state index in [1.54, 1.807) is 6.92 Å². The van der Waals surface area contributed by atoms with Crippen molar-refractivity contribution in [2.75, 3.05) is 27.4 Å². The molecule has 0 aliphatic carbocycles. The third-order valence-electron chi connectivity index (χ3n) is 2.20. The molecule has 0 unspecified atom stereocenters. The van der Waals surface area contributed by atoms with Crippen LogP contribution in [0.1, 0.15) is 6.92 Å². The predicted octanol–water partition coefficient (Wildman–Crippen LogP) is 0.0218. The molecule has 0 aromatic carbocycles. The van der Waals surface area contributed by atoms with Crippen LogP contribution < -0.4 is 0 Å². The average molecular weight is 230 g/mol. The molecule has 0 N–H and O–H groups in total. The van der Waals surface area contributed by atoms with E-state index in [4.69, 9.17) is 9.47 Å². The van der Waals surface area contributed by atoms with Crippen molar-refractivity contribution in [2.24, 2.45) is 0 Å². The van der Waals surface area contributed by atoms with Crippen molar-refractivity contribution in [3.8, 4) is 0 Å². The summed E-state index contributed by atoms with van der Waals surface area (Å²) in [7, 11) is 2.43. The van der Waals surface area contributed by atoms with Crippen molar-refractivity contribution >= 4 is 11.9 Å². The van der Waals surface area contributed by atoms with Gasteiger partial charge < -0.3 is 18.9 Å². The van der Waals surface area contributed by atoms with Crippen molar-refractivity contribution in [1.29, 1.82) is 0 Å². The van der Waals surface area contributed by atoms with E-state index < -0.39 is 17.7 Å². The molecule has 0 radical (unpaired) electrons. The van der Waals surface area contributed by atoms with E-state index in [0.29, 0.717) is 13.2 Å². The van der Waals surface area contributed by atoms with Crippen LogP contribution in [0.2, 0.25) is 0 Å². The minimum atomic E-state index is -1.25. The molecule has 0 spiro atoms. The van der Waals surface area contributed by atoms with Crippen LogP contribution in [0.15, 0.2) is 11.6 Å². The zero-order chi connectivity index (χ0) is 12.2. The molecule has 1 heterocycles. The number of ether oxygens (including phenoxy) is 4. The summed E-state index contributed by atoms with van der Waals surface area (Å²) in [5, 5.41) is 0. The molecule has 0 atom stereocenters. The van der Waals surface area contributed by atoms with Gasteiger partial charge in [0, 0.05) is 6.08 Å². The summed E-state index contributed by atoms with van der Waals surface area (Å²) < 4.78 is 19.5. The molecule has 6 nitrogen and oxygen atoms in total. The highest BCUT2D eigenvalue weighted by molar-refractivity contribution is 5.97. The molecule has 0 bridgehead atoms. The van der Waals surface area contributed by atoms with Crippen molar-refractivity contribution in [1.82, 2.24) is 0 Å². The van der Waals surface area contributed by atoms with E-state index in [1.807, 2.05) is 0 Å². The van der Waals surface area contributed by atoms with Gasteiger partial charge in [0.05, 0.1) is 27.4 Å². The number of methoxy groups -OCH3 is 2. The molecule has 6 heteroatoms. The second kappa shape index (κ2) is 5.09. The Hall–Kier alpha value is -1.40. The van der Waals surface area contributed by atoms with Crippen LogP contribution in [0.25, 0.3) is 0 Å². The molecule has 1 rings (SSSR count). The Morgan fingerprint density at radius 2 is 1.75 bits per heavy atom. The van der Waals surface area contributed by atoms with Crippen LogP contribution in [-0.4, -0.2) is 45.2 Å². The first-order valence-corrected chi connectivity index (χ1v) is 4.70. The van der Waals surface area contributed by atoms with E-state index in [2.05, 4.69) is 9.47 Å². The number of hydrogen-bond acceptors (Lipinski definition) is 6. The van der Waals surface area contributed by atoms with E-state index in [0.717, 1.165) is 6.08 Å². The molecule has 1 saturated heterocycles. The van der Waals surface area contributed by atoms with Gasteiger partial charge in [0.2, 0.25) is 0 Å². The van der Waals surface area contributed by atoms with E-state index >= 15 is 0 Å². The minimum Gasteiger partial charge on any atom is -0.466 e. The summed E-state index contributed by atoms with van der Waals surface area (Å²) in [4.78, 5) is 22.6. The zero-order valence-corrected chi connectivity index (χ0v) is 9.44. The van der Waals surface area contributed by atoms with Crippen LogP contribution in [0.3, 0.4) is 0 Å². The third-order valence-corrected chi connectivity index (χ3v) is 2.20. The summed E-state index contributed by atoms with van der Waals surface area (Å²) in [5.41, 5.74) is -0.0145. The topological polar surface area (TPSA) is 71.1 Å². The average Bonchev–Trinajstić information content (AvgIpc) is 2.72. The fourth-order valence-corrected chi connectivity index (χ4v) is 1.33. The summed E-state index contributed by atoms with van der Waals surface area (Å²) in [6.07, 6.45) is 1.01. The maximum atomic E-state index is 11.5. The van der Waals surface area contributed by atoms with Gasteiger partial charge in [0.25, 0.3) is 0 Å². The minimum absolute atomic E-state index is 0.0145. The van der Waals surface area contributed by atoms with Crippen LogP contribution in [0.5, 0.6) is 0 Å². The zero-order valence-electron chi connectivity index (χ0n) is 9.44. The fraction of sp³-hybridized carbons (Fsp3) is 0.600. The summed E-state index contributed by atoms with van der Waals surface area (Å²) in [5.74, 6) is -2.60. The fourth-order valence-electron chi connectivity index (χ4n) is 1.33. The second-order valence-electron chi connectivity index (χ2n) is 3.22. The molecule has 90 valence electrons. The molecule has 0 saturated carbocycles. The largest absolute Gasteiger partial charge is 0.466 e. The predicted molar refractivity (Wildman–Crippen MR) is 52.4 cm³/mol. The maximum Gasteiger partial charge on any atom is 0.339 e. The first-order chi connectivity index (χ1) is 7.53. The lowest BCUT2D eigenvalue weighted by molar-refractivity contribution is -0.152. The third kappa shape index (κ3) is 2.59. The Bertz CT molecular complexity index is 313. The SMILES string of the molecule is COC(=O)/C=C(\C(=O)OC)C1(C)OCCO1. The normalized spacial score (nSPS) is 19.3. The highest BCUT2D eigenvalue weighted by atomic mass is 16.7. The van der Waals surface area contributed by atoms with Crippen molar-refractivity contribution in [3.63, 3.8) is 0 Å². The Morgan fingerprint density at radius 3 is 2.19 bits per heavy atom. The molecule has 16 heavy (non-hydrogen) atoms. The van der Waals surface area contributed by atoms with Crippen LogP contribution in [-0.2, 0) is 28.5 Å². The smallest absolute Gasteiger partial charge is 0.339 e. The monoisotopic (exact) mass is 230 g/mol. The van der Waals surface area contributed by atoms with Gasteiger partial charge in [0.1, 0.15) is 5.57 Å². The quantitative estimate of drug-likeness (QED) is 0.503. The second-order valence-corrected chi connectivity index (χ2v) is 3.22. The molecule has 1 aliphatic heterocycles. The lowest BCUT2D eigenvalue weighted by atomic mass is 10.1. The Kier molecular flexibility index (Phi) is 4.03. The molecule has 0 aromatic heterocycles. The molecule has 1 aliphatic rings. The first kappa shape index (κ1) is 12.7. The molecule has 0 amide bonds. The molecular weight excluding hydrogens is 216 g/mol. The Balaban J connectivity index is 3.00. The summed E-state index contributed by atoms with van der Waals surface area (Å²) in [6, 6.07) is 0. The molecule has 0 aromatic rings. The van der Waals surface area contributed by atoms with Gasteiger partial charge >= 0.3 is 11.9 Å². The highest BCUT2D eigenvalue weighted by Crippen LogP contribution is 2.28. The lowest BCUT2D eigenvalue weighted by Gasteiger charge is -2.23. The lowest BCUT2D eigenvalue weighted by Crippen LogP contribution is -2.34. The van der Waals surface area contributed by atoms with Gasteiger partial charge in [-0.1, -0.05) is 0 Å². The van der Waals surface area contributed by atoms with E-state index in [-0.39, 0.29) is 5.57 Å². The molecule has 1 fully saturated rings. The van der Waals surface area contributed by atoms with Crippen molar-refractivity contribution < 1.29 is 28.5 Å². The van der Waals surface area contributed by atoms with Crippen LogP contribution >= 0.6 is 0 Å². The Labute approximate surface area is 93.1 Å². The van der Waals surface area contributed by atoms with E-state index in [1.165, 1.54) is 14.2 Å². The number of hydrogen-bond donors (Lipinski definition) is 0. The van der Waals surface area contributed by atoms with E-state index in [9.17, 15) is 9.59 Å². The Morgan fingerprint density at radius 1 is 1.19 bits per heavy atom. The van der Waals surface area contributed by atoms with Gasteiger partial charge in [-0.2, -0.15) is 0 Å². The van der Waals surface area contributed by atoms with Gasteiger partial charge in [-0.3, -0.25) is 0 Å². The van der Waals surface area contributed by atoms with Gasteiger partial charge in [-0.15, -0.1) is 0 Å². The van der Waals surface area contributed by atoms with Gasteiger partial charge in [0.15, 0.2) is 5.79 Å². The summed E-state index contributed by atoms with van der Waals surface area (Å²) >= 11 is 0. The van der Waals surface area contributed by atoms with Crippen molar-refractivity contribution in [2.45, 2.75) is 12.7 Å². The number of carbonyl (C=O) groups excluding carboxylic acids is 2. The highest BCUT2D eigenvalue weighted by Gasteiger charge is 2.40. The van der Waals surface area contributed by atoms with Crippen LogP contribution in [0, 0.1) is 0 Å². The van der Waals surface area contributed by atoms with Gasteiger partial charge in [-0.25, -0.2) is 9.59 Å². The number of carbonyl (C=O) groups is 2. The maximum absolute atomic E-state index is 11.5. The van der Waals surface area contributed by atoms with Crippen LogP contribution in [0.4, 0.5) is 0 Å². The van der Waals surface area contributed by atoms with Gasteiger partial charge in [-0.05, 0) is 6.92 Å². The number of esters is 2. The number of rotatable bonds is 3. The first-order valence-electron chi connectivity index (χ1n) is 4.70.